The average Bonchev–Trinajstić information content (AvgIpc) is 2.94. The van der Waals surface area contributed by atoms with Crippen LogP contribution in [0.2, 0.25) is 0 Å². The largest absolute Gasteiger partial charge is 0.389 e. The Balaban J connectivity index is 1.91. The first-order valence-corrected chi connectivity index (χ1v) is 7.84. The Morgan fingerprint density at radius 2 is 2.05 bits per heavy atom. The fraction of sp³-hybridized carbons (Fsp3) is 0.385. The van der Waals surface area contributed by atoms with Crippen molar-refractivity contribution < 1.29 is 17.8 Å². The van der Waals surface area contributed by atoms with Crippen LogP contribution in [0.4, 0.5) is 0 Å². The summed E-state index contributed by atoms with van der Waals surface area (Å²) in [5, 5.41) is 8.30. The Bertz CT molecular complexity index is 790. The second-order valence-electron chi connectivity index (χ2n) is 5.40. The van der Waals surface area contributed by atoms with Crippen molar-refractivity contribution in [2.75, 3.05) is 0 Å². The van der Waals surface area contributed by atoms with Gasteiger partial charge in [0.25, 0.3) is 0 Å². The number of aromatic nitrogens is 1. The Morgan fingerprint density at radius 1 is 1.30 bits per heavy atom. The van der Waals surface area contributed by atoms with Gasteiger partial charge in [0.15, 0.2) is 10.6 Å². The molecular weight excluding hydrogens is 280 g/mol. The van der Waals surface area contributed by atoms with E-state index in [1.165, 1.54) is 0 Å². The molecule has 2 heterocycles. The molecule has 0 unspecified atom stereocenters. The minimum Gasteiger partial charge on any atom is -0.389 e. The van der Waals surface area contributed by atoms with E-state index in [4.69, 9.17) is 9.36 Å². The number of para-hydroxylation sites is 1. The van der Waals surface area contributed by atoms with E-state index in [1.807, 2.05) is 12.1 Å². The third-order valence-corrected chi connectivity index (χ3v) is 4.70. The molecule has 20 heavy (non-hydrogen) atoms. The number of sulfone groups is 1. The van der Waals surface area contributed by atoms with Crippen molar-refractivity contribution in [1.82, 2.24) is 5.16 Å². The average molecular weight is 294 g/mol. The summed E-state index contributed by atoms with van der Waals surface area (Å²) in [7, 11) is -3.54. The van der Waals surface area contributed by atoms with Gasteiger partial charge < -0.3 is 9.36 Å². The molecule has 2 aromatic rings. The molecule has 1 aliphatic rings. The minimum absolute atomic E-state index is 0.0644. The molecule has 1 aromatic carbocycles. The monoisotopic (exact) mass is 294 g/mol. The highest BCUT2D eigenvalue weighted by Crippen LogP contribution is 2.27. The third-order valence-electron chi connectivity index (χ3n) is 3.11. The van der Waals surface area contributed by atoms with Gasteiger partial charge in [-0.15, -0.1) is 0 Å². The van der Waals surface area contributed by atoms with E-state index in [0.717, 1.165) is 0 Å². The first-order chi connectivity index (χ1) is 9.37. The second kappa shape index (κ2) is 4.31. The highest BCUT2D eigenvalue weighted by atomic mass is 32.2. The fourth-order valence-corrected chi connectivity index (χ4v) is 3.53. The van der Waals surface area contributed by atoms with Crippen LogP contribution in [0.15, 0.2) is 33.9 Å². The highest BCUT2D eigenvalue weighted by Gasteiger charge is 2.36. The van der Waals surface area contributed by atoms with E-state index in [0.29, 0.717) is 16.7 Å². The van der Waals surface area contributed by atoms with Crippen LogP contribution < -0.4 is 0 Å². The van der Waals surface area contributed by atoms with E-state index >= 15 is 0 Å². The minimum atomic E-state index is -3.54. The summed E-state index contributed by atoms with van der Waals surface area (Å²) in [6.45, 7) is 3.59. The second-order valence-corrected chi connectivity index (χ2v) is 7.39. The van der Waals surface area contributed by atoms with Crippen LogP contribution >= 0.6 is 0 Å². The lowest BCUT2D eigenvalue weighted by atomic mass is 10.1. The van der Waals surface area contributed by atoms with Crippen molar-refractivity contribution in [3.8, 4) is 0 Å². The van der Waals surface area contributed by atoms with E-state index < -0.39 is 15.4 Å². The van der Waals surface area contributed by atoms with Crippen LogP contribution in [0.25, 0.3) is 11.0 Å². The summed E-state index contributed by atoms with van der Waals surface area (Å²) < 4.78 is 29.8. The van der Waals surface area contributed by atoms with Gasteiger partial charge >= 0.3 is 0 Å². The Kier molecular flexibility index (Phi) is 2.82. The molecule has 0 N–H and O–H groups in total. The van der Waals surface area contributed by atoms with Crippen LogP contribution in [-0.2, 0) is 20.4 Å². The number of benzene rings is 1. The van der Waals surface area contributed by atoms with Gasteiger partial charge in [0, 0.05) is 11.8 Å². The van der Waals surface area contributed by atoms with Crippen LogP contribution in [0, 0.1) is 0 Å². The van der Waals surface area contributed by atoms with Crippen molar-refractivity contribution in [3.63, 3.8) is 0 Å². The van der Waals surface area contributed by atoms with Gasteiger partial charge in [0.1, 0.15) is 17.0 Å². The first-order valence-electron chi connectivity index (χ1n) is 6.18. The molecule has 1 aliphatic heterocycles. The molecule has 0 amide bonds. The molecule has 1 aromatic heterocycles. The van der Waals surface area contributed by atoms with Crippen LogP contribution in [0.5, 0.6) is 0 Å². The maximum atomic E-state index is 12.3. The summed E-state index contributed by atoms with van der Waals surface area (Å²) in [6.07, 6.45) is 0.269. The quantitative estimate of drug-likeness (QED) is 0.848. The van der Waals surface area contributed by atoms with Crippen molar-refractivity contribution in [2.24, 2.45) is 5.16 Å². The number of fused-ring (bicyclic) bond motifs is 1. The molecule has 0 atom stereocenters. The molecule has 0 saturated carbocycles. The lowest BCUT2D eigenvalue weighted by molar-refractivity contribution is 0.0123. The van der Waals surface area contributed by atoms with Crippen LogP contribution in [0.3, 0.4) is 0 Å². The van der Waals surface area contributed by atoms with Crippen molar-refractivity contribution in [1.29, 1.82) is 0 Å². The van der Waals surface area contributed by atoms with Crippen LogP contribution in [0.1, 0.15) is 26.0 Å². The maximum Gasteiger partial charge on any atom is 0.200 e. The zero-order valence-corrected chi connectivity index (χ0v) is 12.0. The topological polar surface area (TPSA) is 81.8 Å². The van der Waals surface area contributed by atoms with E-state index in [1.54, 1.807) is 26.0 Å². The molecule has 0 spiro atoms. The molecule has 0 radical (unpaired) electrons. The molecule has 3 rings (SSSR count). The lowest BCUT2D eigenvalue weighted by Gasteiger charge is -2.13. The molecule has 0 saturated heterocycles. The van der Waals surface area contributed by atoms with E-state index in [-0.39, 0.29) is 17.2 Å². The normalized spacial score (nSPS) is 18.0. The van der Waals surface area contributed by atoms with Gasteiger partial charge in [-0.25, -0.2) is 8.42 Å². The fourth-order valence-electron chi connectivity index (χ4n) is 2.08. The zero-order valence-electron chi connectivity index (χ0n) is 11.2. The molecule has 0 aliphatic carbocycles. The summed E-state index contributed by atoms with van der Waals surface area (Å²) >= 11 is 0. The number of rotatable bonds is 2. The zero-order chi connectivity index (χ0) is 14.4. The molecule has 7 heteroatoms. The van der Waals surface area contributed by atoms with E-state index in [9.17, 15) is 8.42 Å². The van der Waals surface area contributed by atoms with Gasteiger partial charge in [-0.1, -0.05) is 22.4 Å². The molecule has 6 nitrogen and oxygen atoms in total. The van der Waals surface area contributed by atoms with Gasteiger partial charge in [0.05, 0.1) is 0 Å². The Labute approximate surface area is 116 Å². The van der Waals surface area contributed by atoms with Gasteiger partial charge in [-0.2, -0.15) is 0 Å². The maximum absolute atomic E-state index is 12.3. The van der Waals surface area contributed by atoms with Gasteiger partial charge in [0.2, 0.25) is 9.84 Å². The molecule has 0 bridgehead atoms. The Morgan fingerprint density at radius 3 is 2.75 bits per heavy atom. The smallest absolute Gasteiger partial charge is 0.200 e. The summed E-state index contributed by atoms with van der Waals surface area (Å²) in [5.41, 5.74) is 0.393. The van der Waals surface area contributed by atoms with Crippen LogP contribution in [-0.4, -0.2) is 24.2 Å². The van der Waals surface area contributed by atoms with Crippen molar-refractivity contribution in [3.05, 3.63) is 30.0 Å². The van der Waals surface area contributed by atoms with Crippen molar-refractivity contribution >= 4 is 25.9 Å². The number of nitrogens with zero attached hydrogens (tertiary/aromatic N) is 2. The van der Waals surface area contributed by atoms with Gasteiger partial charge in [-0.3, -0.25) is 0 Å². The first kappa shape index (κ1) is 13.1. The molecule has 0 fully saturated rings. The van der Waals surface area contributed by atoms with E-state index in [2.05, 4.69) is 10.3 Å². The number of oxime groups is 1. The molecular formula is C13H14N2O4S. The highest BCUT2D eigenvalue weighted by molar-refractivity contribution is 8.05. The predicted molar refractivity (Wildman–Crippen MR) is 73.8 cm³/mol. The Hall–Kier alpha value is -1.89. The summed E-state index contributed by atoms with van der Waals surface area (Å²) in [5.74, 6) is -0.234. The standard InChI is InChI=1S/C13H14N2O4S/c1-13(2)7-12(15-19-13)20(16,17)8-10-9-5-3-4-6-11(9)18-14-10/h3-6H,7-8H2,1-2H3. The summed E-state index contributed by atoms with van der Waals surface area (Å²) in [6, 6.07) is 7.16. The summed E-state index contributed by atoms with van der Waals surface area (Å²) in [4.78, 5) is 5.11. The SMILES string of the molecule is CC1(C)CC(S(=O)(=O)Cc2noc3ccccc23)=NO1. The van der Waals surface area contributed by atoms with Crippen molar-refractivity contribution in [2.45, 2.75) is 31.6 Å². The van der Waals surface area contributed by atoms with Gasteiger partial charge in [-0.05, 0) is 26.0 Å². The number of hydrogen-bond donors (Lipinski definition) is 0. The number of hydrogen-bond acceptors (Lipinski definition) is 6. The predicted octanol–water partition coefficient (Wildman–Crippen LogP) is 2.25. The molecule has 106 valence electrons. The lowest BCUT2D eigenvalue weighted by Crippen LogP contribution is -2.23. The third kappa shape index (κ3) is 2.29.